The molecular weight excluding hydrogens is 232 g/mol. The highest BCUT2D eigenvalue weighted by Gasteiger charge is 2.12. The first-order valence-electron chi connectivity index (χ1n) is 6.23. The van der Waals surface area contributed by atoms with E-state index in [-0.39, 0.29) is 11.0 Å². The van der Waals surface area contributed by atoms with E-state index in [1.54, 1.807) is 0 Å². The lowest BCUT2D eigenvalue weighted by Gasteiger charge is -2.19. The maximum absolute atomic E-state index is 8.68. The van der Waals surface area contributed by atoms with Crippen molar-refractivity contribution in [1.82, 2.24) is 0 Å². The van der Waals surface area contributed by atoms with Crippen molar-refractivity contribution >= 4 is 0 Å². The maximum atomic E-state index is 8.68. The summed E-state index contributed by atoms with van der Waals surface area (Å²) in [5.41, 5.74) is 6.35. The largest absolute Gasteiger partial charge is 0.191 e. The highest BCUT2D eigenvalue weighted by Crippen LogP contribution is 2.22. The van der Waals surface area contributed by atoms with E-state index >= 15 is 0 Å². The van der Waals surface area contributed by atoms with Crippen LogP contribution in [0.1, 0.15) is 38.8 Å². The number of allylic oxidation sites excluding steroid dienone is 1. The molecule has 1 aromatic rings. The van der Waals surface area contributed by atoms with Crippen LogP contribution in [0.2, 0.25) is 0 Å². The van der Waals surface area contributed by atoms with Gasteiger partial charge < -0.3 is 0 Å². The Morgan fingerprint density at radius 1 is 1.05 bits per heavy atom. The fourth-order valence-electron chi connectivity index (χ4n) is 1.77. The Morgan fingerprint density at radius 2 is 1.58 bits per heavy atom. The minimum Gasteiger partial charge on any atom is -0.191 e. The van der Waals surface area contributed by atoms with Crippen LogP contribution in [-0.4, -0.2) is 0 Å². The van der Waals surface area contributed by atoms with E-state index in [0.717, 1.165) is 11.1 Å². The molecule has 0 aliphatic carbocycles. The summed E-state index contributed by atoms with van der Waals surface area (Å²) in [6.07, 6.45) is 0.706. The van der Waals surface area contributed by atoms with E-state index in [4.69, 9.17) is 10.5 Å². The minimum absolute atomic E-state index is 0.0313. The number of nitriles is 2. The molecule has 2 nitrogen and oxygen atoms in total. The second kappa shape index (κ2) is 6.05. The molecule has 0 aliphatic rings. The van der Waals surface area contributed by atoms with Gasteiger partial charge in [-0.05, 0) is 29.0 Å². The van der Waals surface area contributed by atoms with E-state index in [1.807, 2.05) is 19.1 Å². The molecule has 0 N–H and O–H groups in total. The van der Waals surface area contributed by atoms with E-state index in [2.05, 4.69) is 50.8 Å². The molecule has 0 saturated heterocycles. The molecule has 0 fully saturated rings. The fraction of sp³-hybridized carbons (Fsp3) is 0.353. The summed E-state index contributed by atoms with van der Waals surface area (Å²) in [6.45, 7) is 8.43. The molecule has 0 unspecified atom stereocenters. The number of hydrogen-bond donors (Lipinski definition) is 0. The first-order chi connectivity index (χ1) is 8.86. The smallest absolute Gasteiger partial charge is 0.171 e. The van der Waals surface area contributed by atoms with Crippen molar-refractivity contribution in [3.63, 3.8) is 0 Å². The molecule has 0 atom stereocenters. The second-order valence-electron chi connectivity index (χ2n) is 5.63. The van der Waals surface area contributed by atoms with Crippen LogP contribution < -0.4 is 0 Å². The van der Waals surface area contributed by atoms with Gasteiger partial charge in [-0.25, -0.2) is 0 Å². The lowest BCUT2D eigenvalue weighted by atomic mass is 9.86. The third-order valence-corrected chi connectivity index (χ3v) is 2.85. The first kappa shape index (κ1) is 14.8. The molecule has 1 aromatic carbocycles. The third-order valence-electron chi connectivity index (χ3n) is 2.85. The fourth-order valence-corrected chi connectivity index (χ4v) is 1.77. The van der Waals surface area contributed by atoms with Crippen LogP contribution in [0, 0.1) is 22.7 Å². The third kappa shape index (κ3) is 4.47. The molecule has 0 saturated carbocycles. The van der Waals surface area contributed by atoms with Gasteiger partial charge in [-0.1, -0.05) is 50.8 Å². The molecule has 1 rings (SSSR count). The highest BCUT2D eigenvalue weighted by molar-refractivity contribution is 5.36. The summed E-state index contributed by atoms with van der Waals surface area (Å²) in [4.78, 5) is 0. The van der Waals surface area contributed by atoms with Crippen LogP contribution in [0.3, 0.4) is 0 Å². The summed E-state index contributed by atoms with van der Waals surface area (Å²) in [6, 6.07) is 12.1. The van der Waals surface area contributed by atoms with Gasteiger partial charge in [0, 0.05) is 6.42 Å². The molecule has 19 heavy (non-hydrogen) atoms. The lowest BCUT2D eigenvalue weighted by molar-refractivity contribution is 0.590. The molecule has 0 spiro atoms. The molecule has 0 amide bonds. The van der Waals surface area contributed by atoms with Crippen LogP contribution in [0.15, 0.2) is 41.1 Å². The number of benzene rings is 1. The average molecular weight is 250 g/mol. The zero-order chi connectivity index (χ0) is 14.5. The SMILES string of the molecule is CC(=C=C(C#N)C#N)Cc1ccc(C(C)(C)C)cc1. The van der Waals surface area contributed by atoms with E-state index in [9.17, 15) is 0 Å². The van der Waals surface area contributed by atoms with Crippen molar-refractivity contribution in [2.45, 2.75) is 39.5 Å². The van der Waals surface area contributed by atoms with Crippen LogP contribution in [0.4, 0.5) is 0 Å². The molecule has 0 aliphatic heterocycles. The van der Waals surface area contributed by atoms with Gasteiger partial charge in [0.1, 0.15) is 12.1 Å². The quantitative estimate of drug-likeness (QED) is 0.587. The lowest BCUT2D eigenvalue weighted by Crippen LogP contribution is -2.10. The topological polar surface area (TPSA) is 47.6 Å². The Balaban J connectivity index is 2.95. The van der Waals surface area contributed by atoms with Gasteiger partial charge in [-0.3, -0.25) is 0 Å². The molecule has 2 heteroatoms. The van der Waals surface area contributed by atoms with Gasteiger partial charge in [0.15, 0.2) is 5.57 Å². The van der Waals surface area contributed by atoms with Crippen molar-refractivity contribution in [2.24, 2.45) is 0 Å². The summed E-state index contributed by atoms with van der Waals surface area (Å²) in [7, 11) is 0. The average Bonchev–Trinajstić information content (AvgIpc) is 2.35. The standard InChI is InChI=1S/C17H18N2/c1-13(10-15(11-18)12-19)9-14-5-7-16(8-6-14)17(2,3)4/h5-8H,9H2,1-4H3. The van der Waals surface area contributed by atoms with Gasteiger partial charge in [0.2, 0.25) is 0 Å². The van der Waals surface area contributed by atoms with E-state index in [0.29, 0.717) is 6.42 Å². The van der Waals surface area contributed by atoms with Crippen LogP contribution in [0.25, 0.3) is 0 Å². The number of rotatable bonds is 2. The highest BCUT2D eigenvalue weighted by atomic mass is 14.3. The Morgan fingerprint density at radius 3 is 2.00 bits per heavy atom. The Hall–Kier alpha value is -2.28. The molecule has 96 valence electrons. The Kier molecular flexibility index (Phi) is 4.71. The number of hydrogen-bond acceptors (Lipinski definition) is 2. The predicted octanol–water partition coefficient (Wildman–Crippen LogP) is 4.05. The molecule has 0 radical (unpaired) electrons. The second-order valence-corrected chi connectivity index (χ2v) is 5.63. The molecular formula is C17H18N2. The van der Waals surface area contributed by atoms with E-state index in [1.165, 1.54) is 5.56 Å². The van der Waals surface area contributed by atoms with Gasteiger partial charge in [0.05, 0.1) is 0 Å². The van der Waals surface area contributed by atoms with E-state index < -0.39 is 0 Å². The normalized spacial score (nSPS) is 10.0. The monoisotopic (exact) mass is 250 g/mol. The minimum atomic E-state index is 0.0313. The van der Waals surface area contributed by atoms with Crippen LogP contribution >= 0.6 is 0 Å². The zero-order valence-electron chi connectivity index (χ0n) is 11.9. The first-order valence-corrected chi connectivity index (χ1v) is 6.23. The summed E-state index contributed by atoms with van der Waals surface area (Å²) >= 11 is 0. The summed E-state index contributed by atoms with van der Waals surface area (Å²) in [5, 5.41) is 17.4. The molecule has 0 bridgehead atoms. The van der Waals surface area contributed by atoms with Crippen molar-refractivity contribution < 1.29 is 0 Å². The Labute approximate surface area is 115 Å². The van der Waals surface area contributed by atoms with Crippen LogP contribution in [0.5, 0.6) is 0 Å². The van der Waals surface area contributed by atoms with Crippen molar-refractivity contribution in [3.05, 3.63) is 52.3 Å². The summed E-state index contributed by atoms with van der Waals surface area (Å²) in [5.74, 6) is 0. The van der Waals surface area contributed by atoms with Gasteiger partial charge >= 0.3 is 0 Å². The van der Waals surface area contributed by atoms with Crippen molar-refractivity contribution in [2.75, 3.05) is 0 Å². The zero-order valence-corrected chi connectivity index (χ0v) is 11.9. The maximum Gasteiger partial charge on any atom is 0.171 e. The molecule has 0 aromatic heterocycles. The molecule has 0 heterocycles. The predicted molar refractivity (Wildman–Crippen MR) is 76.3 cm³/mol. The number of nitrogens with zero attached hydrogens (tertiary/aromatic N) is 2. The summed E-state index contributed by atoms with van der Waals surface area (Å²) < 4.78 is 0. The Bertz CT molecular complexity index is 577. The van der Waals surface area contributed by atoms with Gasteiger partial charge in [-0.15, -0.1) is 0 Å². The van der Waals surface area contributed by atoms with Crippen LogP contribution in [-0.2, 0) is 11.8 Å². The van der Waals surface area contributed by atoms with Gasteiger partial charge in [-0.2, -0.15) is 10.5 Å². The van der Waals surface area contributed by atoms with Crippen molar-refractivity contribution in [3.8, 4) is 12.1 Å². The van der Waals surface area contributed by atoms with Crippen molar-refractivity contribution in [1.29, 1.82) is 10.5 Å². The van der Waals surface area contributed by atoms with Gasteiger partial charge in [0.25, 0.3) is 0 Å².